The van der Waals surface area contributed by atoms with E-state index >= 15 is 0 Å². The molecule has 2 heteroatoms. The summed E-state index contributed by atoms with van der Waals surface area (Å²) < 4.78 is 0. The van der Waals surface area contributed by atoms with Crippen LogP contribution in [-0.2, 0) is 0 Å². The third-order valence-electron chi connectivity index (χ3n) is 0.939. The van der Waals surface area contributed by atoms with Crippen LogP contribution in [0.2, 0.25) is 0 Å². The Kier molecular flexibility index (Phi) is 1.46. The first-order chi connectivity index (χ1) is 4.33. The van der Waals surface area contributed by atoms with Gasteiger partial charge in [0, 0.05) is 6.20 Å². The van der Waals surface area contributed by atoms with Gasteiger partial charge in [0.1, 0.15) is 11.8 Å². The minimum atomic E-state index is 0.433. The van der Waals surface area contributed by atoms with Crippen molar-refractivity contribution in [1.82, 2.24) is 4.98 Å². The minimum absolute atomic E-state index is 0.433. The number of nitrogens with zero attached hydrogens (tertiary/aromatic N) is 2. The van der Waals surface area contributed by atoms with Crippen LogP contribution in [0.5, 0.6) is 0 Å². The highest BCUT2D eigenvalue weighted by molar-refractivity contribution is 5.24. The van der Waals surface area contributed by atoms with Gasteiger partial charge >= 0.3 is 0 Å². The molecule has 0 N–H and O–H groups in total. The first-order valence-corrected chi connectivity index (χ1v) is 2.51. The van der Waals surface area contributed by atoms with E-state index in [-0.39, 0.29) is 0 Å². The molecular formula is C7H5N2. The molecule has 0 amide bonds. The van der Waals surface area contributed by atoms with Crippen LogP contribution in [0.4, 0.5) is 0 Å². The van der Waals surface area contributed by atoms with Gasteiger partial charge < -0.3 is 0 Å². The minimum Gasteiger partial charge on any atom is -0.245 e. The van der Waals surface area contributed by atoms with E-state index in [1.54, 1.807) is 18.3 Å². The van der Waals surface area contributed by atoms with E-state index < -0.39 is 0 Å². The average molecular weight is 117 g/mol. The molecule has 1 aromatic heterocycles. The monoisotopic (exact) mass is 117 g/mol. The molecule has 2 nitrogen and oxygen atoms in total. The van der Waals surface area contributed by atoms with Crippen molar-refractivity contribution in [3.8, 4) is 6.07 Å². The van der Waals surface area contributed by atoms with Gasteiger partial charge in [0.2, 0.25) is 0 Å². The highest BCUT2D eigenvalue weighted by Crippen LogP contribution is 1.95. The van der Waals surface area contributed by atoms with E-state index in [9.17, 15) is 0 Å². The molecule has 0 aliphatic carbocycles. The summed E-state index contributed by atoms with van der Waals surface area (Å²) in [7, 11) is 0. The quantitative estimate of drug-likeness (QED) is 0.510. The third-order valence-corrected chi connectivity index (χ3v) is 0.939. The second-order valence-electron chi connectivity index (χ2n) is 1.66. The van der Waals surface area contributed by atoms with Crippen molar-refractivity contribution >= 4 is 0 Å². The van der Waals surface area contributed by atoms with Gasteiger partial charge in [-0.1, -0.05) is 6.07 Å². The van der Waals surface area contributed by atoms with E-state index in [2.05, 4.69) is 11.9 Å². The summed E-state index contributed by atoms with van der Waals surface area (Å²) in [6.07, 6.45) is 1.57. The number of rotatable bonds is 0. The summed E-state index contributed by atoms with van der Waals surface area (Å²) in [6.45, 7) is 3.62. The summed E-state index contributed by atoms with van der Waals surface area (Å²) >= 11 is 0. The highest BCUT2D eigenvalue weighted by atomic mass is 14.7. The van der Waals surface area contributed by atoms with Crippen LogP contribution in [0.15, 0.2) is 18.3 Å². The molecule has 0 saturated heterocycles. The molecule has 0 spiro atoms. The Balaban J connectivity index is 3.06. The van der Waals surface area contributed by atoms with E-state index in [0.29, 0.717) is 5.69 Å². The summed E-state index contributed by atoms with van der Waals surface area (Å²) in [6, 6.07) is 5.31. The van der Waals surface area contributed by atoms with E-state index in [1.165, 1.54) is 0 Å². The molecule has 0 aliphatic rings. The predicted octanol–water partition coefficient (Wildman–Crippen LogP) is 1.14. The van der Waals surface area contributed by atoms with Crippen molar-refractivity contribution in [2.24, 2.45) is 0 Å². The lowest BCUT2D eigenvalue weighted by molar-refractivity contribution is 1.25. The van der Waals surface area contributed by atoms with Gasteiger partial charge in [-0.2, -0.15) is 5.26 Å². The summed E-state index contributed by atoms with van der Waals surface area (Å²) in [5, 5.41) is 8.30. The molecule has 0 aromatic carbocycles. The molecule has 0 fully saturated rings. The Morgan fingerprint density at radius 3 is 2.78 bits per heavy atom. The molecule has 0 unspecified atom stereocenters. The van der Waals surface area contributed by atoms with Crippen molar-refractivity contribution in [2.45, 2.75) is 0 Å². The maximum absolute atomic E-state index is 8.30. The van der Waals surface area contributed by atoms with Gasteiger partial charge in [-0.25, -0.2) is 4.98 Å². The zero-order chi connectivity index (χ0) is 6.69. The number of pyridine rings is 1. The standard InChI is InChI=1S/C7H5N2/c1-6-2-3-7(4-8)9-5-6/h2-3,5H,1H2. The van der Waals surface area contributed by atoms with Crippen LogP contribution in [0.3, 0.4) is 0 Å². The van der Waals surface area contributed by atoms with Crippen molar-refractivity contribution in [1.29, 1.82) is 5.26 Å². The zero-order valence-corrected chi connectivity index (χ0v) is 4.83. The SMILES string of the molecule is [CH2]c1ccc(C#N)nc1. The average Bonchev–Trinajstić information content (AvgIpc) is 1.90. The van der Waals surface area contributed by atoms with Gasteiger partial charge in [-0.3, -0.25) is 0 Å². The fourth-order valence-corrected chi connectivity index (χ4v) is 0.491. The Morgan fingerprint density at radius 1 is 1.56 bits per heavy atom. The molecule has 1 rings (SSSR count). The number of hydrogen-bond donors (Lipinski definition) is 0. The van der Waals surface area contributed by atoms with Crippen molar-refractivity contribution < 1.29 is 0 Å². The normalized spacial score (nSPS) is 8.44. The second kappa shape index (κ2) is 2.27. The van der Waals surface area contributed by atoms with Gasteiger partial charge in [0.05, 0.1) is 0 Å². The van der Waals surface area contributed by atoms with Crippen molar-refractivity contribution in [3.05, 3.63) is 36.5 Å². The molecule has 0 aliphatic heterocycles. The maximum Gasteiger partial charge on any atom is 0.140 e. The van der Waals surface area contributed by atoms with Gasteiger partial charge in [0.15, 0.2) is 0 Å². The molecule has 1 aromatic rings. The molecule has 0 saturated carbocycles. The molecule has 0 bridgehead atoms. The summed E-state index contributed by atoms with van der Waals surface area (Å²) in [5.74, 6) is 0. The van der Waals surface area contributed by atoms with Crippen LogP contribution in [0, 0.1) is 18.3 Å². The van der Waals surface area contributed by atoms with Crippen LogP contribution in [0.1, 0.15) is 11.3 Å². The molecule has 0 atom stereocenters. The maximum atomic E-state index is 8.30. The van der Waals surface area contributed by atoms with Crippen molar-refractivity contribution in [2.75, 3.05) is 0 Å². The first-order valence-electron chi connectivity index (χ1n) is 2.51. The number of hydrogen-bond acceptors (Lipinski definition) is 2. The van der Waals surface area contributed by atoms with Crippen LogP contribution >= 0.6 is 0 Å². The molecule has 1 heterocycles. The zero-order valence-electron chi connectivity index (χ0n) is 4.83. The molecule has 9 heavy (non-hydrogen) atoms. The Bertz CT molecular complexity index is 230. The van der Waals surface area contributed by atoms with Crippen LogP contribution in [-0.4, -0.2) is 4.98 Å². The third kappa shape index (κ3) is 1.26. The van der Waals surface area contributed by atoms with E-state index in [0.717, 1.165) is 5.56 Å². The largest absolute Gasteiger partial charge is 0.245 e. The van der Waals surface area contributed by atoms with Crippen molar-refractivity contribution in [3.63, 3.8) is 0 Å². The second-order valence-corrected chi connectivity index (χ2v) is 1.66. The van der Waals surface area contributed by atoms with Gasteiger partial charge in [-0.05, 0) is 18.6 Å². The van der Waals surface area contributed by atoms with E-state index in [4.69, 9.17) is 5.26 Å². The van der Waals surface area contributed by atoms with Crippen LogP contribution in [0.25, 0.3) is 0 Å². The lowest BCUT2D eigenvalue weighted by atomic mass is 10.3. The lowest BCUT2D eigenvalue weighted by Gasteiger charge is -1.87. The summed E-state index contributed by atoms with van der Waals surface area (Å²) in [5.41, 5.74) is 1.26. The Morgan fingerprint density at radius 2 is 2.33 bits per heavy atom. The fourth-order valence-electron chi connectivity index (χ4n) is 0.491. The van der Waals surface area contributed by atoms with E-state index in [1.807, 2.05) is 6.07 Å². The van der Waals surface area contributed by atoms with Gasteiger partial charge in [0.25, 0.3) is 0 Å². The highest BCUT2D eigenvalue weighted by Gasteiger charge is 1.86. The lowest BCUT2D eigenvalue weighted by Crippen LogP contribution is -1.80. The number of aromatic nitrogens is 1. The molecule has 43 valence electrons. The smallest absolute Gasteiger partial charge is 0.140 e. The number of nitriles is 1. The Labute approximate surface area is 53.8 Å². The van der Waals surface area contributed by atoms with Crippen LogP contribution < -0.4 is 0 Å². The topological polar surface area (TPSA) is 36.7 Å². The molecule has 1 radical (unpaired) electrons. The fraction of sp³-hybridized carbons (Fsp3) is 0. The molecular weight excluding hydrogens is 112 g/mol. The Hall–Kier alpha value is -1.36. The predicted molar refractivity (Wildman–Crippen MR) is 33.4 cm³/mol. The summed E-state index contributed by atoms with van der Waals surface area (Å²) in [4.78, 5) is 3.77. The first kappa shape index (κ1) is 5.77. The van der Waals surface area contributed by atoms with Gasteiger partial charge in [-0.15, -0.1) is 0 Å².